The summed E-state index contributed by atoms with van der Waals surface area (Å²) in [5, 5.41) is 4.93. The average Bonchev–Trinajstić information content (AvgIpc) is 3.19. The van der Waals surface area contributed by atoms with E-state index >= 15 is 0 Å². The molecular formula is C21H22N2S2. The van der Waals surface area contributed by atoms with Crippen molar-refractivity contribution in [3.8, 4) is 0 Å². The number of benzene rings is 1. The van der Waals surface area contributed by atoms with Crippen LogP contribution in [-0.4, -0.2) is 15.1 Å². The molecule has 0 aliphatic carbocycles. The third kappa shape index (κ3) is 3.21. The van der Waals surface area contributed by atoms with E-state index in [1.54, 1.807) is 0 Å². The number of aromatic nitrogens is 2. The number of aryl methyl sites for hydroxylation is 1. The number of pyridine rings is 1. The zero-order valence-corrected chi connectivity index (χ0v) is 16.3. The van der Waals surface area contributed by atoms with Gasteiger partial charge in [-0.2, -0.15) is 0 Å². The largest absolute Gasteiger partial charge is 0.303 e. The third-order valence-corrected chi connectivity index (χ3v) is 6.66. The van der Waals surface area contributed by atoms with E-state index in [2.05, 4.69) is 66.2 Å². The van der Waals surface area contributed by atoms with Crippen LogP contribution in [0.15, 0.2) is 53.0 Å². The van der Waals surface area contributed by atoms with Crippen LogP contribution in [-0.2, 0) is 6.42 Å². The van der Waals surface area contributed by atoms with Crippen molar-refractivity contribution in [2.45, 2.75) is 38.1 Å². The van der Waals surface area contributed by atoms with Gasteiger partial charge in [0.15, 0.2) is 0 Å². The number of thioether (sulfide) groups is 1. The molecule has 2 nitrogen and oxygen atoms in total. The normalized spacial score (nSPS) is 11.6. The molecular weight excluding hydrogens is 344 g/mol. The highest BCUT2D eigenvalue weighted by Gasteiger charge is 2.15. The summed E-state index contributed by atoms with van der Waals surface area (Å²) < 4.78 is 3.64. The summed E-state index contributed by atoms with van der Waals surface area (Å²) in [5.74, 6) is 1.14. The van der Waals surface area contributed by atoms with Crippen LogP contribution in [0.3, 0.4) is 0 Å². The van der Waals surface area contributed by atoms with Crippen molar-refractivity contribution in [1.82, 2.24) is 9.38 Å². The third-order valence-electron chi connectivity index (χ3n) is 4.57. The van der Waals surface area contributed by atoms with Gasteiger partial charge < -0.3 is 4.40 Å². The minimum absolute atomic E-state index is 0.935. The number of unbranched alkanes of at least 4 members (excludes halogenated alkanes) is 1. The number of rotatable bonds is 6. The average molecular weight is 367 g/mol. The molecule has 1 aromatic carbocycles. The molecule has 0 fully saturated rings. The van der Waals surface area contributed by atoms with Crippen molar-refractivity contribution in [3.63, 3.8) is 0 Å². The van der Waals surface area contributed by atoms with Crippen LogP contribution in [0.4, 0.5) is 0 Å². The number of hydrogen-bond acceptors (Lipinski definition) is 3. The topological polar surface area (TPSA) is 17.3 Å². The first-order valence-corrected chi connectivity index (χ1v) is 10.7. The smallest absolute Gasteiger partial charge is 0.138 e. The Labute approximate surface area is 156 Å². The van der Waals surface area contributed by atoms with Crippen LogP contribution < -0.4 is 0 Å². The van der Waals surface area contributed by atoms with Crippen molar-refractivity contribution in [2.75, 3.05) is 5.75 Å². The lowest BCUT2D eigenvalue weighted by Crippen LogP contribution is -1.96. The molecule has 0 saturated carbocycles. The van der Waals surface area contributed by atoms with Crippen LogP contribution >= 0.6 is 23.1 Å². The van der Waals surface area contributed by atoms with Crippen LogP contribution in [0.25, 0.3) is 15.7 Å². The molecule has 0 saturated heterocycles. The van der Waals surface area contributed by atoms with Gasteiger partial charge in [-0.1, -0.05) is 31.5 Å². The number of nitrogens with zero attached hydrogens (tertiary/aromatic N) is 2. The summed E-state index contributed by atoms with van der Waals surface area (Å²) in [6.45, 7) is 4.45. The summed E-state index contributed by atoms with van der Waals surface area (Å²) in [4.78, 5) is 4.90. The highest BCUT2D eigenvalue weighted by molar-refractivity contribution is 7.99. The summed E-state index contributed by atoms with van der Waals surface area (Å²) in [5.41, 5.74) is 5.15. The summed E-state index contributed by atoms with van der Waals surface area (Å²) in [6.07, 6.45) is 5.54. The fraction of sp³-hybridized carbons (Fsp3) is 0.286. The van der Waals surface area contributed by atoms with Crippen molar-refractivity contribution in [1.29, 1.82) is 0 Å². The van der Waals surface area contributed by atoms with Crippen LogP contribution in [0.5, 0.6) is 0 Å². The molecule has 0 aliphatic rings. The second-order valence-corrected chi connectivity index (χ2v) is 8.38. The van der Waals surface area contributed by atoms with Gasteiger partial charge >= 0.3 is 0 Å². The van der Waals surface area contributed by atoms with E-state index in [1.807, 2.05) is 23.1 Å². The van der Waals surface area contributed by atoms with Crippen molar-refractivity contribution < 1.29 is 0 Å². The molecule has 3 heterocycles. The lowest BCUT2D eigenvalue weighted by atomic mass is 10.0. The fourth-order valence-electron chi connectivity index (χ4n) is 3.27. The Morgan fingerprint density at radius 1 is 1.16 bits per heavy atom. The van der Waals surface area contributed by atoms with Crippen LogP contribution in [0.1, 0.15) is 36.6 Å². The van der Waals surface area contributed by atoms with E-state index < -0.39 is 0 Å². The molecule has 4 heteroatoms. The first-order valence-electron chi connectivity index (χ1n) is 8.82. The lowest BCUT2D eigenvalue weighted by Gasteiger charge is -2.06. The van der Waals surface area contributed by atoms with Gasteiger partial charge in [0.1, 0.15) is 10.7 Å². The maximum Gasteiger partial charge on any atom is 0.138 e. The van der Waals surface area contributed by atoms with E-state index in [0.717, 1.165) is 17.8 Å². The molecule has 0 N–H and O–H groups in total. The van der Waals surface area contributed by atoms with Crippen molar-refractivity contribution in [3.05, 3.63) is 64.8 Å². The molecule has 0 atom stereocenters. The van der Waals surface area contributed by atoms with E-state index in [-0.39, 0.29) is 0 Å². The molecule has 0 amide bonds. The molecule has 128 valence electrons. The Morgan fingerprint density at radius 2 is 2.08 bits per heavy atom. The molecule has 0 spiro atoms. The SMILES string of the molecule is CCCCSc1nc2ccccn2c1Cc1csc2cccc(C)c12. The van der Waals surface area contributed by atoms with E-state index in [1.165, 1.54) is 44.8 Å². The van der Waals surface area contributed by atoms with Gasteiger partial charge in [0, 0.05) is 17.3 Å². The predicted octanol–water partition coefficient (Wildman–Crippen LogP) is 6.34. The first kappa shape index (κ1) is 16.7. The number of imidazole rings is 1. The van der Waals surface area contributed by atoms with Crippen molar-refractivity contribution in [2.24, 2.45) is 0 Å². The summed E-state index contributed by atoms with van der Waals surface area (Å²) in [6, 6.07) is 12.8. The standard InChI is InChI=1S/C21H22N2S2/c1-3-4-12-24-21-17(23-11-6-5-10-19(23)22-21)13-16-14-25-18-9-7-8-15(2)20(16)18/h5-11,14H,3-4,12-13H2,1-2H3. The van der Waals surface area contributed by atoms with Gasteiger partial charge in [-0.3, -0.25) is 0 Å². The zero-order chi connectivity index (χ0) is 17.2. The van der Waals surface area contributed by atoms with Gasteiger partial charge in [0.05, 0.1) is 5.69 Å². The lowest BCUT2D eigenvalue weighted by molar-refractivity contribution is 0.893. The molecule has 3 aromatic heterocycles. The van der Waals surface area contributed by atoms with Gasteiger partial charge in [-0.05, 0) is 59.2 Å². The number of fused-ring (bicyclic) bond motifs is 2. The van der Waals surface area contributed by atoms with E-state index in [4.69, 9.17) is 4.98 Å². The quantitative estimate of drug-likeness (QED) is 0.292. The highest BCUT2D eigenvalue weighted by atomic mass is 32.2. The van der Waals surface area contributed by atoms with Gasteiger partial charge in [0.25, 0.3) is 0 Å². The van der Waals surface area contributed by atoms with E-state index in [9.17, 15) is 0 Å². The fourth-order valence-corrected chi connectivity index (χ4v) is 5.43. The van der Waals surface area contributed by atoms with Gasteiger partial charge in [0.2, 0.25) is 0 Å². The zero-order valence-electron chi connectivity index (χ0n) is 14.7. The van der Waals surface area contributed by atoms with Crippen LogP contribution in [0.2, 0.25) is 0 Å². The molecule has 0 bridgehead atoms. The minimum Gasteiger partial charge on any atom is -0.303 e. The van der Waals surface area contributed by atoms with E-state index in [0.29, 0.717) is 0 Å². The summed E-state index contributed by atoms with van der Waals surface area (Å²) >= 11 is 3.75. The van der Waals surface area contributed by atoms with Gasteiger partial charge in [-0.15, -0.1) is 23.1 Å². The van der Waals surface area contributed by atoms with Gasteiger partial charge in [-0.25, -0.2) is 4.98 Å². The highest BCUT2D eigenvalue weighted by Crippen LogP contribution is 2.33. The molecule has 4 rings (SSSR count). The Balaban J connectivity index is 1.78. The molecule has 0 aliphatic heterocycles. The van der Waals surface area contributed by atoms with Crippen molar-refractivity contribution >= 4 is 38.8 Å². The predicted molar refractivity (Wildman–Crippen MR) is 110 cm³/mol. The Morgan fingerprint density at radius 3 is 2.96 bits per heavy atom. The molecule has 4 aromatic rings. The number of hydrogen-bond donors (Lipinski definition) is 0. The summed E-state index contributed by atoms with van der Waals surface area (Å²) in [7, 11) is 0. The monoisotopic (exact) mass is 366 g/mol. The molecule has 0 unspecified atom stereocenters. The Bertz CT molecular complexity index is 1010. The van der Waals surface area contributed by atoms with Crippen LogP contribution in [0, 0.1) is 6.92 Å². The molecule has 0 radical (unpaired) electrons. The maximum absolute atomic E-state index is 4.90. The Kier molecular flexibility index (Phi) is 4.82. The number of thiophene rings is 1. The Hall–Kier alpha value is -1.78. The first-order chi connectivity index (χ1) is 12.3. The minimum atomic E-state index is 0.935. The maximum atomic E-state index is 4.90. The second kappa shape index (κ2) is 7.22. The molecule has 25 heavy (non-hydrogen) atoms. The second-order valence-electron chi connectivity index (χ2n) is 6.38.